The van der Waals surface area contributed by atoms with E-state index >= 15 is 0 Å². The third-order valence-corrected chi connectivity index (χ3v) is 5.20. The van der Waals surface area contributed by atoms with Gasteiger partial charge in [0.1, 0.15) is 0 Å². The molecule has 5 nitrogen and oxygen atoms in total. The zero-order chi connectivity index (χ0) is 14.8. The van der Waals surface area contributed by atoms with Gasteiger partial charge < -0.3 is 14.5 Å². The van der Waals surface area contributed by atoms with Crippen molar-refractivity contribution in [2.75, 3.05) is 39.4 Å². The Bertz CT molecular complexity index is 394. The summed E-state index contributed by atoms with van der Waals surface area (Å²) in [5, 5.41) is 0. The smallest absolute Gasteiger partial charge is 0.225 e. The molecule has 0 spiro atoms. The van der Waals surface area contributed by atoms with Crippen molar-refractivity contribution in [3.8, 4) is 0 Å². The van der Waals surface area contributed by atoms with Crippen molar-refractivity contribution in [2.45, 2.75) is 32.6 Å². The van der Waals surface area contributed by atoms with Crippen LogP contribution in [0, 0.1) is 17.8 Å². The molecule has 5 heteroatoms. The summed E-state index contributed by atoms with van der Waals surface area (Å²) in [7, 11) is 0. The van der Waals surface area contributed by atoms with Gasteiger partial charge in [-0.1, -0.05) is 6.92 Å². The van der Waals surface area contributed by atoms with Gasteiger partial charge in [-0.05, 0) is 31.6 Å². The lowest BCUT2D eigenvalue weighted by atomic mass is 9.93. The number of ether oxygens (including phenoxy) is 1. The Labute approximate surface area is 126 Å². The van der Waals surface area contributed by atoms with E-state index in [4.69, 9.17) is 4.74 Å². The summed E-state index contributed by atoms with van der Waals surface area (Å²) in [4.78, 5) is 28.7. The topological polar surface area (TPSA) is 49.9 Å². The van der Waals surface area contributed by atoms with Crippen LogP contribution in [0.15, 0.2) is 0 Å². The third-order valence-electron chi connectivity index (χ3n) is 5.20. The molecular weight excluding hydrogens is 268 g/mol. The number of morpholine rings is 1. The first kappa shape index (κ1) is 14.8. The summed E-state index contributed by atoms with van der Waals surface area (Å²) >= 11 is 0. The fourth-order valence-electron chi connectivity index (χ4n) is 3.47. The van der Waals surface area contributed by atoms with Gasteiger partial charge in [-0.3, -0.25) is 9.59 Å². The number of rotatable bonds is 3. The fourth-order valence-corrected chi connectivity index (χ4v) is 3.47. The zero-order valence-electron chi connectivity index (χ0n) is 12.9. The minimum atomic E-state index is 0.100. The Hall–Kier alpha value is -1.10. The minimum absolute atomic E-state index is 0.100. The number of hydrogen-bond donors (Lipinski definition) is 0. The molecule has 3 rings (SSSR count). The summed E-state index contributed by atoms with van der Waals surface area (Å²) in [6.07, 6.45) is 4.05. The molecule has 1 atom stereocenters. The van der Waals surface area contributed by atoms with E-state index in [0.29, 0.717) is 25.0 Å². The van der Waals surface area contributed by atoms with Gasteiger partial charge in [0.2, 0.25) is 11.8 Å². The molecule has 0 aromatic heterocycles. The predicted octanol–water partition coefficient (Wildman–Crippen LogP) is 1.13. The van der Waals surface area contributed by atoms with E-state index in [2.05, 4.69) is 6.92 Å². The van der Waals surface area contributed by atoms with Crippen LogP contribution >= 0.6 is 0 Å². The van der Waals surface area contributed by atoms with Gasteiger partial charge >= 0.3 is 0 Å². The summed E-state index contributed by atoms with van der Waals surface area (Å²) < 4.78 is 5.29. The molecule has 3 aliphatic rings. The maximum Gasteiger partial charge on any atom is 0.225 e. The molecule has 0 aromatic carbocycles. The molecular formula is C16H26N2O3. The van der Waals surface area contributed by atoms with Gasteiger partial charge in [0, 0.05) is 38.0 Å². The van der Waals surface area contributed by atoms with Gasteiger partial charge in [0.05, 0.1) is 13.2 Å². The van der Waals surface area contributed by atoms with Crippen molar-refractivity contribution < 1.29 is 14.3 Å². The number of carbonyl (C=O) groups excluding carboxylic acids is 2. The Morgan fingerprint density at radius 2 is 1.57 bits per heavy atom. The van der Waals surface area contributed by atoms with E-state index in [1.54, 1.807) is 0 Å². The Kier molecular flexibility index (Phi) is 4.48. The second-order valence-electron chi connectivity index (χ2n) is 6.66. The van der Waals surface area contributed by atoms with E-state index in [0.717, 1.165) is 39.0 Å². The average molecular weight is 294 g/mol. The average Bonchev–Trinajstić information content (AvgIpc) is 3.39. The minimum Gasteiger partial charge on any atom is -0.378 e. The summed E-state index contributed by atoms with van der Waals surface area (Å²) in [5.41, 5.74) is 0. The lowest BCUT2D eigenvalue weighted by molar-refractivity contribution is -0.145. The van der Waals surface area contributed by atoms with Crippen LogP contribution in [0.1, 0.15) is 32.6 Å². The summed E-state index contributed by atoms with van der Waals surface area (Å²) in [6, 6.07) is 0. The molecule has 1 saturated carbocycles. The van der Waals surface area contributed by atoms with E-state index in [1.807, 2.05) is 9.80 Å². The summed E-state index contributed by atoms with van der Waals surface area (Å²) in [6.45, 7) is 6.30. The highest BCUT2D eigenvalue weighted by atomic mass is 16.5. The lowest BCUT2D eigenvalue weighted by Crippen LogP contribution is -2.48. The quantitative estimate of drug-likeness (QED) is 0.784. The van der Waals surface area contributed by atoms with Gasteiger partial charge in [-0.25, -0.2) is 0 Å². The highest BCUT2D eigenvalue weighted by Crippen LogP contribution is 2.37. The molecule has 1 aliphatic carbocycles. The van der Waals surface area contributed by atoms with Crippen LogP contribution in [-0.4, -0.2) is 61.0 Å². The van der Waals surface area contributed by atoms with Gasteiger partial charge in [0.15, 0.2) is 0 Å². The van der Waals surface area contributed by atoms with E-state index in [-0.39, 0.29) is 17.7 Å². The molecule has 2 aliphatic heterocycles. The van der Waals surface area contributed by atoms with Crippen LogP contribution in [0.4, 0.5) is 0 Å². The number of hydrogen-bond acceptors (Lipinski definition) is 3. The van der Waals surface area contributed by atoms with Crippen LogP contribution in [0.5, 0.6) is 0 Å². The molecule has 3 fully saturated rings. The largest absolute Gasteiger partial charge is 0.378 e. The van der Waals surface area contributed by atoms with Crippen LogP contribution in [-0.2, 0) is 14.3 Å². The first-order chi connectivity index (χ1) is 10.2. The van der Waals surface area contributed by atoms with Crippen molar-refractivity contribution in [3.05, 3.63) is 0 Å². The van der Waals surface area contributed by atoms with Gasteiger partial charge in [-0.2, -0.15) is 0 Å². The van der Waals surface area contributed by atoms with Crippen molar-refractivity contribution in [1.82, 2.24) is 9.80 Å². The molecule has 21 heavy (non-hydrogen) atoms. The fraction of sp³-hybridized carbons (Fsp3) is 0.875. The van der Waals surface area contributed by atoms with Crippen LogP contribution < -0.4 is 0 Å². The Morgan fingerprint density at radius 1 is 0.952 bits per heavy atom. The Balaban J connectivity index is 1.47. The van der Waals surface area contributed by atoms with E-state index in [9.17, 15) is 9.59 Å². The standard InChI is InChI=1S/C16H26N2O3/c1-12(13-2-3-13)15(19)17-6-4-14(5-7-17)16(20)18-8-10-21-11-9-18/h12-14H,2-11H2,1H3. The maximum absolute atomic E-state index is 12.4. The van der Waals surface area contributed by atoms with Crippen molar-refractivity contribution in [2.24, 2.45) is 17.8 Å². The number of carbonyl (C=O) groups is 2. The van der Waals surface area contributed by atoms with Crippen LogP contribution in [0.25, 0.3) is 0 Å². The third kappa shape index (κ3) is 3.39. The molecule has 118 valence electrons. The number of amides is 2. The number of nitrogens with zero attached hydrogens (tertiary/aromatic N) is 2. The molecule has 2 heterocycles. The van der Waals surface area contributed by atoms with Gasteiger partial charge in [0.25, 0.3) is 0 Å². The van der Waals surface area contributed by atoms with E-state index < -0.39 is 0 Å². The highest BCUT2D eigenvalue weighted by molar-refractivity contribution is 5.81. The molecule has 0 bridgehead atoms. The predicted molar refractivity (Wildman–Crippen MR) is 78.6 cm³/mol. The molecule has 2 amide bonds. The van der Waals surface area contributed by atoms with Gasteiger partial charge in [-0.15, -0.1) is 0 Å². The molecule has 1 unspecified atom stereocenters. The van der Waals surface area contributed by atoms with Crippen molar-refractivity contribution in [1.29, 1.82) is 0 Å². The van der Waals surface area contributed by atoms with E-state index in [1.165, 1.54) is 12.8 Å². The number of piperidine rings is 1. The lowest BCUT2D eigenvalue weighted by Gasteiger charge is -2.36. The monoisotopic (exact) mass is 294 g/mol. The molecule has 2 saturated heterocycles. The normalized spacial score (nSPS) is 25.8. The first-order valence-corrected chi connectivity index (χ1v) is 8.32. The second kappa shape index (κ2) is 6.34. The zero-order valence-corrected chi connectivity index (χ0v) is 12.9. The summed E-state index contributed by atoms with van der Waals surface area (Å²) in [5.74, 6) is 1.46. The Morgan fingerprint density at radius 3 is 2.14 bits per heavy atom. The van der Waals surface area contributed by atoms with Crippen molar-refractivity contribution in [3.63, 3.8) is 0 Å². The van der Waals surface area contributed by atoms with Crippen molar-refractivity contribution >= 4 is 11.8 Å². The molecule has 0 N–H and O–H groups in total. The second-order valence-corrected chi connectivity index (χ2v) is 6.66. The van der Waals surface area contributed by atoms with Crippen LogP contribution in [0.2, 0.25) is 0 Å². The SMILES string of the molecule is CC(C(=O)N1CCC(C(=O)N2CCOCC2)CC1)C1CC1. The maximum atomic E-state index is 12.4. The van der Waals surface area contributed by atoms with Crippen LogP contribution in [0.3, 0.4) is 0 Å². The molecule has 0 aromatic rings. The highest BCUT2D eigenvalue weighted by Gasteiger charge is 2.37. The first-order valence-electron chi connectivity index (χ1n) is 8.32. The molecule has 0 radical (unpaired) electrons. The number of likely N-dealkylation sites (tertiary alicyclic amines) is 1.